The Morgan fingerprint density at radius 1 is 0.605 bits per heavy atom. The van der Waals surface area contributed by atoms with Crippen LogP contribution in [0, 0.1) is 0 Å². The molecule has 5 heteroatoms. The largest absolute Gasteiger partial charge is 0.465 e. The fraction of sp³-hybridized carbons (Fsp3) is 0.0263. The van der Waals surface area contributed by atoms with E-state index in [-0.39, 0.29) is 5.97 Å². The number of rotatable bonds is 4. The lowest BCUT2D eigenvalue weighted by molar-refractivity contribution is 0.0601. The van der Waals surface area contributed by atoms with E-state index in [4.69, 9.17) is 14.7 Å². The highest BCUT2D eigenvalue weighted by Gasteiger charge is 2.20. The Balaban J connectivity index is 1.46. The van der Waals surface area contributed by atoms with Gasteiger partial charge < -0.3 is 4.74 Å². The molecule has 0 atom stereocenters. The number of carbonyl (C=O) groups excluding carboxylic acids is 1. The number of nitrogens with zero attached hydrogens (tertiary/aromatic N) is 3. The van der Waals surface area contributed by atoms with Crippen LogP contribution >= 0.6 is 0 Å². The number of hydrogen-bond donors (Lipinski definition) is 0. The van der Waals surface area contributed by atoms with E-state index >= 15 is 0 Å². The normalized spacial score (nSPS) is 11.5. The van der Waals surface area contributed by atoms with Crippen molar-refractivity contribution in [1.82, 2.24) is 14.5 Å². The van der Waals surface area contributed by atoms with Crippen molar-refractivity contribution in [1.29, 1.82) is 0 Å². The smallest absolute Gasteiger partial charge is 0.338 e. The topological polar surface area (TPSA) is 57.0 Å². The number of para-hydroxylation sites is 1. The van der Waals surface area contributed by atoms with Gasteiger partial charge >= 0.3 is 5.97 Å². The quantitative estimate of drug-likeness (QED) is 0.203. The number of methoxy groups -OCH3 is 1. The second-order valence-corrected chi connectivity index (χ2v) is 10.6. The number of carbonyl (C=O) groups is 1. The number of aromatic nitrogens is 3. The third-order valence-electron chi connectivity index (χ3n) is 8.11. The molecule has 0 radical (unpaired) electrons. The van der Waals surface area contributed by atoms with E-state index in [9.17, 15) is 4.79 Å². The summed E-state index contributed by atoms with van der Waals surface area (Å²) in [5, 5.41) is 5.43. The summed E-state index contributed by atoms with van der Waals surface area (Å²) in [5.41, 5.74) is 7.10. The second-order valence-electron chi connectivity index (χ2n) is 10.6. The van der Waals surface area contributed by atoms with Crippen LogP contribution in [0.2, 0.25) is 0 Å². The summed E-state index contributed by atoms with van der Waals surface area (Å²) in [5.74, 6) is 0.248. The number of esters is 1. The van der Waals surface area contributed by atoms with E-state index in [0.717, 1.165) is 65.9 Å². The summed E-state index contributed by atoms with van der Waals surface area (Å²) in [7, 11) is 1.41. The molecule has 0 bridgehead atoms. The summed E-state index contributed by atoms with van der Waals surface area (Å²) in [6, 6.07) is 45.1. The molecule has 0 aliphatic heterocycles. The van der Waals surface area contributed by atoms with Gasteiger partial charge in [0.2, 0.25) is 5.95 Å². The van der Waals surface area contributed by atoms with E-state index in [1.807, 2.05) is 54.6 Å². The van der Waals surface area contributed by atoms with Crippen molar-refractivity contribution in [2.24, 2.45) is 0 Å². The van der Waals surface area contributed by atoms with Gasteiger partial charge in [0.05, 0.1) is 34.9 Å². The van der Waals surface area contributed by atoms with E-state index in [0.29, 0.717) is 11.5 Å². The number of ether oxygens (including phenoxy) is 1. The van der Waals surface area contributed by atoms with Crippen molar-refractivity contribution in [3.63, 3.8) is 0 Å². The zero-order valence-electron chi connectivity index (χ0n) is 23.4. The first-order chi connectivity index (χ1) is 21.2. The minimum absolute atomic E-state index is 0.359. The van der Waals surface area contributed by atoms with Crippen LogP contribution in [-0.4, -0.2) is 27.6 Å². The summed E-state index contributed by atoms with van der Waals surface area (Å²) >= 11 is 0. The third kappa shape index (κ3) is 4.05. The lowest BCUT2D eigenvalue weighted by Crippen LogP contribution is -2.04. The minimum atomic E-state index is -0.359. The summed E-state index contributed by atoms with van der Waals surface area (Å²) < 4.78 is 7.25. The van der Waals surface area contributed by atoms with Gasteiger partial charge in [0, 0.05) is 21.7 Å². The Bertz CT molecular complexity index is 2360. The molecule has 0 fully saturated rings. The van der Waals surface area contributed by atoms with Crippen molar-refractivity contribution in [2.75, 3.05) is 7.11 Å². The van der Waals surface area contributed by atoms with Gasteiger partial charge in [-0.25, -0.2) is 14.8 Å². The predicted molar refractivity (Wildman–Crippen MR) is 174 cm³/mol. The van der Waals surface area contributed by atoms with Crippen molar-refractivity contribution in [2.45, 2.75) is 0 Å². The molecule has 5 nitrogen and oxygen atoms in total. The standard InChI is InChI=1S/C38H25N3O2/c1-43-37(42)29-16-8-7-15-28(29)27-19-20-34-31(22-27)32-21-25-13-5-6-14-26(25)23-35(32)41(34)38-39-33-18-10-9-17-30(33)36(40-38)24-11-3-2-4-12-24/h2-23H,1H3. The molecule has 6 aromatic carbocycles. The minimum Gasteiger partial charge on any atom is -0.465 e. The van der Waals surface area contributed by atoms with Crippen LogP contribution in [0.25, 0.3) is 71.8 Å². The van der Waals surface area contributed by atoms with Crippen LogP contribution in [0.1, 0.15) is 10.4 Å². The van der Waals surface area contributed by atoms with Crippen LogP contribution in [0.5, 0.6) is 0 Å². The molecule has 0 N–H and O–H groups in total. The summed E-state index contributed by atoms with van der Waals surface area (Å²) in [4.78, 5) is 22.9. The first-order valence-corrected chi connectivity index (χ1v) is 14.2. The first kappa shape index (κ1) is 24.9. The zero-order chi connectivity index (χ0) is 28.9. The molecule has 0 amide bonds. The number of benzene rings is 6. The highest BCUT2D eigenvalue weighted by atomic mass is 16.5. The van der Waals surface area contributed by atoms with Crippen LogP contribution in [0.15, 0.2) is 133 Å². The molecule has 2 heterocycles. The molecule has 0 unspecified atom stereocenters. The highest BCUT2D eigenvalue weighted by molar-refractivity contribution is 6.14. The van der Waals surface area contributed by atoms with E-state index in [1.54, 1.807) is 6.07 Å². The molecule has 204 valence electrons. The number of fused-ring (bicyclic) bond motifs is 5. The molecule has 0 aliphatic rings. The van der Waals surface area contributed by atoms with Crippen LogP contribution in [-0.2, 0) is 4.74 Å². The SMILES string of the molecule is COC(=O)c1ccccc1-c1ccc2c(c1)c1cc3ccccc3cc1n2-c1nc(-c2ccccc2)c2ccccc2n1. The average molecular weight is 556 g/mol. The average Bonchev–Trinajstić information content (AvgIpc) is 3.39. The predicted octanol–water partition coefficient (Wildman–Crippen LogP) is 9.00. The Morgan fingerprint density at radius 2 is 1.30 bits per heavy atom. The number of hydrogen-bond acceptors (Lipinski definition) is 4. The Labute approximate surface area is 247 Å². The van der Waals surface area contributed by atoms with E-state index < -0.39 is 0 Å². The van der Waals surface area contributed by atoms with Gasteiger partial charge in [-0.05, 0) is 58.3 Å². The Hall–Kier alpha value is -5.81. The van der Waals surface area contributed by atoms with Crippen molar-refractivity contribution in [3.8, 4) is 28.3 Å². The lowest BCUT2D eigenvalue weighted by Gasteiger charge is -2.12. The molecule has 0 aliphatic carbocycles. The molecular weight excluding hydrogens is 530 g/mol. The highest BCUT2D eigenvalue weighted by Crippen LogP contribution is 2.38. The van der Waals surface area contributed by atoms with Gasteiger partial charge in [-0.15, -0.1) is 0 Å². The van der Waals surface area contributed by atoms with Crippen molar-refractivity contribution >= 4 is 49.5 Å². The Kier molecular flexibility index (Phi) is 5.76. The van der Waals surface area contributed by atoms with Gasteiger partial charge in [-0.3, -0.25) is 4.57 Å². The molecule has 0 spiro atoms. The molecule has 0 saturated heterocycles. The molecule has 0 saturated carbocycles. The molecule has 43 heavy (non-hydrogen) atoms. The van der Waals surface area contributed by atoms with E-state index in [1.165, 1.54) is 7.11 Å². The molecule has 2 aromatic heterocycles. The van der Waals surface area contributed by atoms with Gasteiger partial charge in [0.1, 0.15) is 0 Å². The van der Waals surface area contributed by atoms with Gasteiger partial charge in [0.25, 0.3) is 0 Å². The zero-order valence-corrected chi connectivity index (χ0v) is 23.4. The second kappa shape index (κ2) is 9.93. The van der Waals surface area contributed by atoms with Crippen LogP contribution in [0.4, 0.5) is 0 Å². The molecule has 8 rings (SSSR count). The lowest BCUT2D eigenvalue weighted by atomic mass is 9.97. The van der Waals surface area contributed by atoms with Crippen molar-refractivity contribution < 1.29 is 9.53 Å². The molecular formula is C38H25N3O2. The Morgan fingerprint density at radius 3 is 2.14 bits per heavy atom. The fourth-order valence-corrected chi connectivity index (χ4v) is 6.09. The fourth-order valence-electron chi connectivity index (χ4n) is 6.09. The summed E-state index contributed by atoms with van der Waals surface area (Å²) in [6.45, 7) is 0. The third-order valence-corrected chi connectivity index (χ3v) is 8.11. The maximum atomic E-state index is 12.6. The van der Waals surface area contributed by atoms with Crippen LogP contribution < -0.4 is 0 Å². The van der Waals surface area contributed by atoms with E-state index in [2.05, 4.69) is 77.4 Å². The van der Waals surface area contributed by atoms with Crippen LogP contribution in [0.3, 0.4) is 0 Å². The van der Waals surface area contributed by atoms with Gasteiger partial charge in [-0.2, -0.15) is 0 Å². The first-order valence-electron chi connectivity index (χ1n) is 14.2. The molecule has 8 aromatic rings. The monoisotopic (exact) mass is 555 g/mol. The maximum absolute atomic E-state index is 12.6. The maximum Gasteiger partial charge on any atom is 0.338 e. The van der Waals surface area contributed by atoms with Crippen molar-refractivity contribution in [3.05, 3.63) is 139 Å². The van der Waals surface area contributed by atoms with Gasteiger partial charge in [-0.1, -0.05) is 97.1 Å². The van der Waals surface area contributed by atoms with Gasteiger partial charge in [0.15, 0.2) is 0 Å². The summed E-state index contributed by atoms with van der Waals surface area (Å²) in [6.07, 6.45) is 0.